The number of hydrogen-bond donors (Lipinski definition) is 2. The molecule has 16 heavy (non-hydrogen) atoms. The smallest absolute Gasteiger partial charge is 0.0456 e. The lowest BCUT2D eigenvalue weighted by Crippen LogP contribution is -2.18. The Hall–Kier alpha value is -1.28. The van der Waals surface area contributed by atoms with Gasteiger partial charge in [0.1, 0.15) is 0 Å². The Morgan fingerprint density at radius 1 is 1.19 bits per heavy atom. The van der Waals surface area contributed by atoms with Gasteiger partial charge < -0.3 is 10.3 Å². The van der Waals surface area contributed by atoms with Crippen LogP contribution in [0.15, 0.2) is 30.5 Å². The van der Waals surface area contributed by atoms with Crippen LogP contribution in [0.2, 0.25) is 0 Å². The Labute approximate surface area is 97.1 Å². The molecule has 0 aliphatic carbocycles. The number of para-hydroxylation sites is 1. The number of rotatable bonds is 6. The number of fused-ring (bicyclic) bond motifs is 1. The summed E-state index contributed by atoms with van der Waals surface area (Å²) in [6, 6.07) is 8.49. The van der Waals surface area contributed by atoms with Crippen LogP contribution in [0.3, 0.4) is 0 Å². The van der Waals surface area contributed by atoms with Crippen molar-refractivity contribution in [2.24, 2.45) is 0 Å². The molecule has 0 saturated heterocycles. The van der Waals surface area contributed by atoms with Gasteiger partial charge in [-0.15, -0.1) is 0 Å². The summed E-state index contributed by atoms with van der Waals surface area (Å²) in [6.07, 6.45) is 5.77. The molecule has 0 bridgehead atoms. The van der Waals surface area contributed by atoms with Gasteiger partial charge in [-0.05, 0) is 37.6 Å². The molecule has 0 radical (unpaired) electrons. The molecule has 0 spiro atoms. The third-order valence-corrected chi connectivity index (χ3v) is 2.95. The standard InChI is InChI=1S/C14H20N2/c1-2-3-9-15-10-8-12-11-16-14-7-5-4-6-13(12)14/h4-7,11,15-16H,2-3,8-10H2,1H3. The molecule has 2 aromatic rings. The molecule has 1 aromatic heterocycles. The van der Waals surface area contributed by atoms with Crippen molar-refractivity contribution >= 4 is 10.9 Å². The fourth-order valence-corrected chi connectivity index (χ4v) is 1.99. The number of benzene rings is 1. The van der Waals surface area contributed by atoms with E-state index in [0.29, 0.717) is 0 Å². The molecule has 0 aliphatic heterocycles. The first-order chi connectivity index (χ1) is 7.92. The zero-order valence-electron chi connectivity index (χ0n) is 9.92. The molecule has 1 aromatic carbocycles. The van der Waals surface area contributed by atoms with Gasteiger partial charge in [-0.2, -0.15) is 0 Å². The van der Waals surface area contributed by atoms with Crippen LogP contribution in [0, 0.1) is 0 Å². The number of H-pyrrole nitrogens is 1. The first-order valence-corrected chi connectivity index (χ1v) is 6.17. The van der Waals surface area contributed by atoms with Crippen molar-refractivity contribution < 1.29 is 0 Å². The van der Waals surface area contributed by atoms with Crippen LogP contribution in [0.4, 0.5) is 0 Å². The number of hydrogen-bond acceptors (Lipinski definition) is 1. The van der Waals surface area contributed by atoms with E-state index < -0.39 is 0 Å². The van der Waals surface area contributed by atoms with E-state index in [-0.39, 0.29) is 0 Å². The fraction of sp³-hybridized carbons (Fsp3) is 0.429. The Bertz CT molecular complexity index is 431. The van der Waals surface area contributed by atoms with Gasteiger partial charge in [-0.3, -0.25) is 0 Å². The lowest BCUT2D eigenvalue weighted by molar-refractivity contribution is 0.641. The lowest BCUT2D eigenvalue weighted by atomic mass is 10.1. The molecule has 2 heteroatoms. The molecule has 2 rings (SSSR count). The molecule has 0 atom stereocenters. The van der Waals surface area contributed by atoms with Crippen molar-refractivity contribution in [3.05, 3.63) is 36.0 Å². The summed E-state index contributed by atoms with van der Waals surface area (Å²) in [5.41, 5.74) is 2.66. The molecule has 0 amide bonds. The molecule has 2 nitrogen and oxygen atoms in total. The van der Waals surface area contributed by atoms with E-state index >= 15 is 0 Å². The highest BCUT2D eigenvalue weighted by molar-refractivity contribution is 5.83. The molecule has 1 heterocycles. The first kappa shape index (κ1) is 11.2. The van der Waals surface area contributed by atoms with Crippen molar-refractivity contribution in [1.29, 1.82) is 0 Å². The summed E-state index contributed by atoms with van der Waals surface area (Å²) in [5, 5.41) is 4.84. The van der Waals surface area contributed by atoms with Crippen LogP contribution in [-0.4, -0.2) is 18.1 Å². The Morgan fingerprint density at radius 3 is 2.94 bits per heavy atom. The molecule has 0 unspecified atom stereocenters. The van der Waals surface area contributed by atoms with E-state index in [2.05, 4.69) is 47.7 Å². The molecule has 0 saturated carbocycles. The molecule has 86 valence electrons. The van der Waals surface area contributed by atoms with Crippen LogP contribution in [0.25, 0.3) is 10.9 Å². The van der Waals surface area contributed by atoms with E-state index in [1.807, 2.05) is 0 Å². The maximum atomic E-state index is 3.48. The normalized spacial score (nSPS) is 11.1. The highest BCUT2D eigenvalue weighted by Crippen LogP contribution is 2.17. The summed E-state index contributed by atoms with van der Waals surface area (Å²) in [7, 11) is 0. The fourth-order valence-electron chi connectivity index (χ4n) is 1.99. The van der Waals surface area contributed by atoms with E-state index in [1.165, 1.54) is 29.3 Å². The molecule has 2 N–H and O–H groups in total. The predicted molar refractivity (Wildman–Crippen MR) is 69.8 cm³/mol. The van der Waals surface area contributed by atoms with Gasteiger partial charge in [0.15, 0.2) is 0 Å². The van der Waals surface area contributed by atoms with Gasteiger partial charge in [0.05, 0.1) is 0 Å². The summed E-state index contributed by atoms with van der Waals surface area (Å²) in [6.45, 7) is 4.43. The van der Waals surface area contributed by atoms with Crippen molar-refractivity contribution in [2.75, 3.05) is 13.1 Å². The zero-order valence-corrected chi connectivity index (χ0v) is 9.92. The van der Waals surface area contributed by atoms with Crippen molar-refractivity contribution in [3.63, 3.8) is 0 Å². The third kappa shape index (κ3) is 2.64. The quantitative estimate of drug-likeness (QED) is 0.713. The monoisotopic (exact) mass is 216 g/mol. The number of aromatic amines is 1. The maximum Gasteiger partial charge on any atom is 0.0456 e. The van der Waals surface area contributed by atoms with E-state index in [4.69, 9.17) is 0 Å². The molecular formula is C14H20N2. The van der Waals surface area contributed by atoms with Gasteiger partial charge >= 0.3 is 0 Å². The average molecular weight is 216 g/mol. The summed E-state index contributed by atoms with van der Waals surface area (Å²) in [4.78, 5) is 3.31. The summed E-state index contributed by atoms with van der Waals surface area (Å²) < 4.78 is 0. The Kier molecular flexibility index (Phi) is 4.00. The van der Waals surface area contributed by atoms with Gasteiger partial charge in [-0.25, -0.2) is 0 Å². The molecule has 0 aliphatic rings. The average Bonchev–Trinajstić information content (AvgIpc) is 2.73. The molecule has 0 fully saturated rings. The van der Waals surface area contributed by atoms with Crippen LogP contribution >= 0.6 is 0 Å². The predicted octanol–water partition coefficient (Wildman–Crippen LogP) is 3.10. The van der Waals surface area contributed by atoms with E-state index in [1.54, 1.807) is 0 Å². The van der Waals surface area contributed by atoms with E-state index in [9.17, 15) is 0 Å². The van der Waals surface area contributed by atoms with Crippen molar-refractivity contribution in [2.45, 2.75) is 26.2 Å². The summed E-state index contributed by atoms with van der Waals surface area (Å²) in [5.74, 6) is 0. The van der Waals surface area contributed by atoms with Gasteiger partial charge in [-0.1, -0.05) is 31.5 Å². The van der Waals surface area contributed by atoms with Gasteiger partial charge in [0.2, 0.25) is 0 Å². The second kappa shape index (κ2) is 5.71. The zero-order chi connectivity index (χ0) is 11.2. The van der Waals surface area contributed by atoms with E-state index in [0.717, 1.165) is 19.5 Å². The SMILES string of the molecule is CCCCNCCc1c[nH]c2ccccc12. The minimum atomic E-state index is 1.07. The maximum absolute atomic E-state index is 3.48. The minimum absolute atomic E-state index is 1.07. The van der Waals surface area contributed by atoms with Crippen LogP contribution in [-0.2, 0) is 6.42 Å². The first-order valence-electron chi connectivity index (χ1n) is 6.17. The Balaban J connectivity index is 1.89. The number of aromatic nitrogens is 1. The second-order valence-electron chi connectivity index (χ2n) is 4.21. The van der Waals surface area contributed by atoms with Crippen LogP contribution in [0.1, 0.15) is 25.3 Å². The largest absolute Gasteiger partial charge is 0.361 e. The molecular weight excluding hydrogens is 196 g/mol. The lowest BCUT2D eigenvalue weighted by Gasteiger charge is -2.02. The topological polar surface area (TPSA) is 27.8 Å². The van der Waals surface area contributed by atoms with Gasteiger partial charge in [0, 0.05) is 17.1 Å². The van der Waals surface area contributed by atoms with Gasteiger partial charge in [0.25, 0.3) is 0 Å². The number of unbranched alkanes of at least 4 members (excludes halogenated alkanes) is 1. The minimum Gasteiger partial charge on any atom is -0.361 e. The third-order valence-electron chi connectivity index (χ3n) is 2.95. The number of nitrogens with one attached hydrogen (secondary N) is 2. The van der Waals surface area contributed by atoms with Crippen molar-refractivity contribution in [3.8, 4) is 0 Å². The van der Waals surface area contributed by atoms with Crippen LogP contribution in [0.5, 0.6) is 0 Å². The van der Waals surface area contributed by atoms with Crippen molar-refractivity contribution in [1.82, 2.24) is 10.3 Å². The highest BCUT2D eigenvalue weighted by Gasteiger charge is 2.01. The summed E-state index contributed by atoms with van der Waals surface area (Å²) >= 11 is 0. The Morgan fingerprint density at radius 2 is 2.06 bits per heavy atom. The highest BCUT2D eigenvalue weighted by atomic mass is 14.8. The second-order valence-corrected chi connectivity index (χ2v) is 4.21. The van der Waals surface area contributed by atoms with Crippen LogP contribution < -0.4 is 5.32 Å².